The van der Waals surface area contributed by atoms with Crippen molar-refractivity contribution in [2.45, 2.75) is 12.8 Å². The third kappa shape index (κ3) is 5.56. The lowest BCUT2D eigenvalue weighted by molar-refractivity contribution is -0.141. The highest BCUT2D eigenvalue weighted by Gasteiger charge is 2.32. The minimum Gasteiger partial charge on any atom is -0.433 e. The molecule has 0 aliphatic carbocycles. The lowest BCUT2D eigenvalue weighted by atomic mass is 10.1. The van der Waals surface area contributed by atoms with E-state index in [1.807, 2.05) is 0 Å². The van der Waals surface area contributed by atoms with Gasteiger partial charge in [-0.2, -0.15) is 22.0 Å². The van der Waals surface area contributed by atoms with Gasteiger partial charge < -0.3 is 10.1 Å². The van der Waals surface area contributed by atoms with E-state index < -0.39 is 46.8 Å². The number of halogens is 6. The quantitative estimate of drug-likeness (QED) is 0.473. The summed E-state index contributed by atoms with van der Waals surface area (Å²) in [7, 11) is 1.52. The SMILES string of the molecule is CN1NNN=C1NC(=O)c1ccc(OC(F)F)c(NC(=O)c2ccc(C(F)(F)F)nc2)c1Cl. The number of benzene rings is 1. The van der Waals surface area contributed by atoms with Crippen molar-refractivity contribution in [1.82, 2.24) is 26.4 Å². The highest BCUT2D eigenvalue weighted by Crippen LogP contribution is 2.37. The van der Waals surface area contributed by atoms with Crippen LogP contribution in [0.4, 0.5) is 27.6 Å². The Balaban J connectivity index is 1.90. The molecule has 4 N–H and O–H groups in total. The van der Waals surface area contributed by atoms with E-state index in [0.29, 0.717) is 12.3 Å². The molecule has 0 saturated carbocycles. The second-order valence-electron chi connectivity index (χ2n) is 6.23. The molecule has 0 unspecified atom stereocenters. The first-order chi connectivity index (χ1) is 15.5. The van der Waals surface area contributed by atoms with Crippen LogP contribution >= 0.6 is 11.6 Å². The summed E-state index contributed by atoms with van der Waals surface area (Å²) in [5, 5.41) is 9.11. The van der Waals surface area contributed by atoms with Gasteiger partial charge >= 0.3 is 12.8 Å². The summed E-state index contributed by atoms with van der Waals surface area (Å²) < 4.78 is 67.9. The van der Waals surface area contributed by atoms with Crippen LogP contribution in [0.5, 0.6) is 5.75 Å². The number of carbonyl (C=O) groups excluding carboxylic acids is 2. The zero-order chi connectivity index (χ0) is 24.3. The summed E-state index contributed by atoms with van der Waals surface area (Å²) in [6, 6.07) is 3.43. The van der Waals surface area contributed by atoms with Gasteiger partial charge in [0.2, 0.25) is 5.96 Å². The molecule has 10 nitrogen and oxygen atoms in total. The van der Waals surface area contributed by atoms with Crippen molar-refractivity contribution in [3.05, 3.63) is 52.3 Å². The number of guanidine groups is 1. The van der Waals surface area contributed by atoms with Crippen LogP contribution in [-0.4, -0.2) is 41.4 Å². The number of nitrogens with zero attached hydrogens (tertiary/aromatic N) is 3. The fourth-order valence-corrected chi connectivity index (χ4v) is 2.78. The normalized spacial score (nSPS) is 13.5. The highest BCUT2D eigenvalue weighted by atomic mass is 35.5. The van der Waals surface area contributed by atoms with E-state index >= 15 is 0 Å². The molecule has 2 amide bonds. The molecule has 0 bridgehead atoms. The zero-order valence-corrected chi connectivity index (χ0v) is 17.1. The van der Waals surface area contributed by atoms with Crippen molar-refractivity contribution >= 4 is 35.1 Å². The number of hydrazine groups is 2. The summed E-state index contributed by atoms with van der Waals surface area (Å²) in [6.07, 6.45) is -4.08. The van der Waals surface area contributed by atoms with Crippen LogP contribution < -0.4 is 26.4 Å². The Morgan fingerprint density at radius 2 is 1.88 bits per heavy atom. The maximum atomic E-state index is 12.8. The lowest BCUT2D eigenvalue weighted by Crippen LogP contribution is -2.45. The van der Waals surface area contributed by atoms with Crippen molar-refractivity contribution in [1.29, 1.82) is 0 Å². The summed E-state index contributed by atoms with van der Waals surface area (Å²) in [4.78, 5) is 28.2. The zero-order valence-electron chi connectivity index (χ0n) is 16.3. The molecule has 0 saturated heterocycles. The number of carbonyl (C=O) groups is 2. The molecule has 2 aromatic rings. The Bertz CT molecular complexity index is 1100. The molecule has 1 aromatic heterocycles. The minimum atomic E-state index is -4.72. The summed E-state index contributed by atoms with van der Waals surface area (Å²) in [5.74, 6) is -2.39. The van der Waals surface area contributed by atoms with Crippen LogP contribution in [0.1, 0.15) is 26.4 Å². The van der Waals surface area contributed by atoms with Crippen molar-refractivity contribution in [3.8, 4) is 5.75 Å². The molecule has 0 atom stereocenters. The van der Waals surface area contributed by atoms with Gasteiger partial charge in [0.05, 0.1) is 16.1 Å². The van der Waals surface area contributed by atoms with Crippen LogP contribution in [0, 0.1) is 0 Å². The monoisotopic (exact) mass is 493 g/mol. The van der Waals surface area contributed by atoms with Crippen molar-refractivity contribution in [2.75, 3.05) is 12.4 Å². The Morgan fingerprint density at radius 3 is 2.42 bits per heavy atom. The number of aromatic nitrogens is 1. The number of ether oxygens (including phenoxy) is 1. The van der Waals surface area contributed by atoms with Crippen molar-refractivity contribution in [3.63, 3.8) is 0 Å². The predicted octanol–water partition coefficient (Wildman–Crippen LogP) is 2.56. The Kier molecular flexibility index (Phi) is 6.83. The van der Waals surface area contributed by atoms with Crippen LogP contribution in [-0.2, 0) is 6.18 Å². The molecule has 33 heavy (non-hydrogen) atoms. The van der Waals surface area contributed by atoms with Gasteiger partial charge in [-0.05, 0) is 24.3 Å². The van der Waals surface area contributed by atoms with Crippen LogP contribution in [0.2, 0.25) is 5.02 Å². The molecule has 0 spiro atoms. The number of amides is 2. The first-order valence-corrected chi connectivity index (χ1v) is 9.10. The largest absolute Gasteiger partial charge is 0.433 e. The smallest absolute Gasteiger partial charge is 0.433 e. The van der Waals surface area contributed by atoms with Gasteiger partial charge in [0.25, 0.3) is 11.8 Å². The Morgan fingerprint density at radius 1 is 1.15 bits per heavy atom. The van der Waals surface area contributed by atoms with Gasteiger partial charge in [0.1, 0.15) is 11.4 Å². The van der Waals surface area contributed by atoms with Crippen molar-refractivity contribution in [2.24, 2.45) is 5.10 Å². The van der Waals surface area contributed by atoms with E-state index in [1.165, 1.54) is 12.1 Å². The Hall–Kier alpha value is -3.72. The van der Waals surface area contributed by atoms with Crippen molar-refractivity contribution < 1.29 is 36.3 Å². The first-order valence-electron chi connectivity index (χ1n) is 8.72. The van der Waals surface area contributed by atoms with E-state index in [4.69, 9.17) is 11.6 Å². The molecule has 16 heteroatoms. The molecule has 0 radical (unpaired) electrons. The lowest BCUT2D eigenvalue weighted by Gasteiger charge is -2.17. The molecule has 3 rings (SSSR count). The standard InChI is InChI=1S/C17H13ClF5N7O3/c1-30-16(27-28-29-30)26-14(32)8-3-4-9(33-15(19)20)12(11(8)18)25-13(31)7-2-5-10(24-6-7)17(21,22)23/h2-6,15,28-29H,1H3,(H,25,31)(H,26,27,32). The first kappa shape index (κ1) is 23.9. The average molecular weight is 494 g/mol. The fourth-order valence-electron chi connectivity index (χ4n) is 2.49. The molecule has 176 valence electrons. The van der Waals surface area contributed by atoms with Gasteiger partial charge in [-0.15, -0.1) is 10.6 Å². The van der Waals surface area contributed by atoms with E-state index in [9.17, 15) is 31.5 Å². The van der Waals surface area contributed by atoms with Gasteiger partial charge in [-0.3, -0.25) is 24.9 Å². The molecule has 1 aliphatic heterocycles. The molecule has 2 heterocycles. The number of anilines is 1. The number of rotatable bonds is 5. The van der Waals surface area contributed by atoms with Gasteiger partial charge in [0.15, 0.2) is 5.75 Å². The van der Waals surface area contributed by atoms with E-state index in [0.717, 1.165) is 18.2 Å². The summed E-state index contributed by atoms with van der Waals surface area (Å²) in [5.41, 5.74) is 2.58. The topological polar surface area (TPSA) is 120 Å². The molecular formula is C17H13ClF5N7O3. The van der Waals surface area contributed by atoms with E-state index in [-0.39, 0.29) is 17.1 Å². The second kappa shape index (κ2) is 9.41. The maximum absolute atomic E-state index is 12.8. The van der Waals surface area contributed by atoms with Crippen LogP contribution in [0.25, 0.3) is 0 Å². The third-order valence-electron chi connectivity index (χ3n) is 4.04. The number of hydrogen-bond donors (Lipinski definition) is 4. The molecular weight excluding hydrogens is 481 g/mol. The summed E-state index contributed by atoms with van der Waals surface area (Å²) in [6.45, 7) is -3.30. The maximum Gasteiger partial charge on any atom is 0.433 e. The third-order valence-corrected chi connectivity index (χ3v) is 4.43. The predicted molar refractivity (Wildman–Crippen MR) is 104 cm³/mol. The van der Waals surface area contributed by atoms with Gasteiger partial charge in [-0.25, -0.2) is 5.53 Å². The van der Waals surface area contributed by atoms with E-state index in [2.05, 4.69) is 36.5 Å². The van der Waals surface area contributed by atoms with Crippen LogP contribution in [0.15, 0.2) is 35.6 Å². The number of nitrogens with one attached hydrogen (secondary N) is 4. The fraction of sp³-hybridized carbons (Fsp3) is 0.176. The van der Waals surface area contributed by atoms with E-state index in [1.54, 1.807) is 0 Å². The second-order valence-corrected chi connectivity index (χ2v) is 6.61. The molecule has 0 fully saturated rings. The number of alkyl halides is 5. The minimum absolute atomic E-state index is 0.0467. The summed E-state index contributed by atoms with van der Waals surface area (Å²) >= 11 is 6.18. The highest BCUT2D eigenvalue weighted by molar-refractivity contribution is 6.37. The number of hydrogen-bond acceptors (Lipinski definition) is 8. The number of pyridine rings is 1. The molecule has 1 aromatic carbocycles. The van der Waals surface area contributed by atoms with Gasteiger partial charge in [0, 0.05) is 13.2 Å². The molecule has 1 aliphatic rings. The number of hydrazone groups is 1. The average Bonchev–Trinajstić information content (AvgIpc) is 3.14. The Labute approximate surface area is 186 Å². The van der Waals surface area contributed by atoms with Crippen LogP contribution in [0.3, 0.4) is 0 Å². The van der Waals surface area contributed by atoms with Gasteiger partial charge in [-0.1, -0.05) is 11.6 Å².